The summed E-state index contributed by atoms with van der Waals surface area (Å²) in [4.78, 5) is 35.2. The van der Waals surface area contributed by atoms with E-state index >= 15 is 0 Å². The van der Waals surface area contributed by atoms with E-state index in [1.165, 1.54) is 0 Å². The first-order valence-corrected chi connectivity index (χ1v) is 7.94. The highest BCUT2D eigenvalue weighted by atomic mass is 32.2. The van der Waals surface area contributed by atoms with Crippen molar-refractivity contribution in [2.24, 2.45) is 5.11 Å². The lowest BCUT2D eigenvalue weighted by Gasteiger charge is -2.14. The highest BCUT2D eigenvalue weighted by Crippen LogP contribution is 2.01. The van der Waals surface area contributed by atoms with Crippen molar-refractivity contribution < 1.29 is 33.0 Å². The molecule has 13 heteroatoms. The summed E-state index contributed by atoms with van der Waals surface area (Å²) in [5.41, 5.74) is 8.04. The van der Waals surface area contributed by atoms with E-state index in [4.69, 9.17) is 15.7 Å². The molecule has 0 aromatic rings. The third-order valence-electron chi connectivity index (χ3n) is 2.47. The average Bonchev–Trinajstić information content (AvgIpc) is 2.42. The van der Waals surface area contributed by atoms with Crippen molar-refractivity contribution in [2.45, 2.75) is 38.1 Å². The molecule has 130 valence electrons. The zero-order valence-electron chi connectivity index (χ0n) is 12.0. The van der Waals surface area contributed by atoms with Crippen LogP contribution in [0.2, 0.25) is 0 Å². The third kappa shape index (κ3) is 10.9. The lowest BCUT2D eigenvalue weighted by Crippen LogP contribution is -2.48. The predicted molar refractivity (Wildman–Crippen MR) is 76.4 cm³/mol. The summed E-state index contributed by atoms with van der Waals surface area (Å²) in [6.45, 7) is 0.172. The minimum Gasteiger partial charge on any atom is -0.481 e. The zero-order chi connectivity index (χ0) is 17.9. The SMILES string of the molecule is [N-]=[N+]=NCCCCC(=O)NS(=O)(=O)NC(CCC(=O)O)C(=O)O. The van der Waals surface area contributed by atoms with Gasteiger partial charge in [-0.25, -0.2) is 4.72 Å². The molecule has 0 aromatic heterocycles. The van der Waals surface area contributed by atoms with Crippen molar-refractivity contribution >= 4 is 28.1 Å². The van der Waals surface area contributed by atoms with E-state index in [0.29, 0.717) is 6.42 Å². The van der Waals surface area contributed by atoms with Crippen molar-refractivity contribution in [1.29, 1.82) is 0 Å². The predicted octanol–water partition coefficient (Wildman–Crippen LogP) is -0.264. The molecule has 0 radical (unpaired) electrons. The van der Waals surface area contributed by atoms with Crippen molar-refractivity contribution in [1.82, 2.24) is 9.44 Å². The van der Waals surface area contributed by atoms with Crippen molar-refractivity contribution in [2.75, 3.05) is 6.54 Å². The van der Waals surface area contributed by atoms with Crippen LogP contribution in [-0.2, 0) is 24.6 Å². The standard InChI is InChI=1S/C10H17N5O7S/c11-15-12-6-2-1-3-8(16)14-23(21,22)13-7(10(19)20)4-5-9(17)18/h7,13H,1-6H2,(H,14,16)(H,17,18)(H,19,20). The molecule has 12 nitrogen and oxygen atoms in total. The van der Waals surface area contributed by atoms with Crippen LogP contribution >= 0.6 is 0 Å². The molecule has 0 aliphatic rings. The van der Waals surface area contributed by atoms with Gasteiger partial charge in [0.05, 0.1) is 0 Å². The number of aliphatic carboxylic acids is 2. The Kier molecular flexibility index (Phi) is 9.30. The van der Waals surface area contributed by atoms with Crippen LogP contribution in [0.4, 0.5) is 0 Å². The van der Waals surface area contributed by atoms with E-state index < -0.39 is 46.9 Å². The van der Waals surface area contributed by atoms with Crippen molar-refractivity contribution in [3.63, 3.8) is 0 Å². The van der Waals surface area contributed by atoms with Gasteiger partial charge < -0.3 is 10.2 Å². The Morgan fingerprint density at radius 1 is 1.17 bits per heavy atom. The number of hydrogen-bond donors (Lipinski definition) is 4. The molecule has 1 atom stereocenters. The second kappa shape index (κ2) is 10.4. The van der Waals surface area contributed by atoms with Gasteiger partial charge in [-0.1, -0.05) is 5.11 Å². The van der Waals surface area contributed by atoms with E-state index in [1.54, 1.807) is 9.44 Å². The van der Waals surface area contributed by atoms with Crippen LogP contribution in [0.25, 0.3) is 10.4 Å². The lowest BCUT2D eigenvalue weighted by molar-refractivity contribution is -0.140. The van der Waals surface area contributed by atoms with E-state index in [-0.39, 0.29) is 19.4 Å². The number of amides is 1. The van der Waals surface area contributed by atoms with Gasteiger partial charge in [-0.2, -0.15) is 13.1 Å². The fourth-order valence-corrected chi connectivity index (χ4v) is 2.49. The Morgan fingerprint density at radius 3 is 2.35 bits per heavy atom. The van der Waals surface area contributed by atoms with E-state index in [9.17, 15) is 22.8 Å². The van der Waals surface area contributed by atoms with Gasteiger partial charge in [-0.15, -0.1) is 0 Å². The van der Waals surface area contributed by atoms with Crippen LogP contribution in [0.3, 0.4) is 0 Å². The molecule has 4 N–H and O–H groups in total. The zero-order valence-corrected chi connectivity index (χ0v) is 12.8. The Hall–Kier alpha value is -2.37. The van der Waals surface area contributed by atoms with Gasteiger partial charge in [0.1, 0.15) is 6.04 Å². The molecule has 1 amide bonds. The Morgan fingerprint density at radius 2 is 1.83 bits per heavy atom. The smallest absolute Gasteiger partial charge is 0.321 e. The average molecular weight is 351 g/mol. The number of carboxylic acid groups (broad SMARTS) is 2. The summed E-state index contributed by atoms with van der Waals surface area (Å²) < 4.78 is 26.6. The summed E-state index contributed by atoms with van der Waals surface area (Å²) in [6.07, 6.45) is -0.503. The molecule has 0 bridgehead atoms. The molecule has 0 heterocycles. The van der Waals surface area contributed by atoms with E-state index in [0.717, 1.165) is 0 Å². The summed E-state index contributed by atoms with van der Waals surface area (Å²) in [7, 11) is -4.43. The van der Waals surface area contributed by atoms with Crippen LogP contribution in [0.5, 0.6) is 0 Å². The molecule has 0 saturated carbocycles. The van der Waals surface area contributed by atoms with Crippen molar-refractivity contribution in [3.8, 4) is 0 Å². The molecule has 0 aliphatic carbocycles. The molecule has 0 saturated heterocycles. The summed E-state index contributed by atoms with van der Waals surface area (Å²) in [6, 6.07) is -1.67. The first-order chi connectivity index (χ1) is 10.7. The third-order valence-corrected chi connectivity index (χ3v) is 3.56. The molecule has 0 spiro atoms. The Balaban J connectivity index is 4.42. The molecule has 1 unspecified atom stereocenters. The Labute approximate surface area is 131 Å². The number of hydrogen-bond acceptors (Lipinski definition) is 6. The molecule has 0 fully saturated rings. The maximum absolute atomic E-state index is 11.6. The Bertz CT molecular complexity index is 584. The topological polar surface area (TPSA) is 199 Å². The highest BCUT2D eigenvalue weighted by molar-refractivity contribution is 7.88. The fraction of sp³-hybridized carbons (Fsp3) is 0.700. The quantitative estimate of drug-likeness (QED) is 0.160. The maximum Gasteiger partial charge on any atom is 0.321 e. The monoisotopic (exact) mass is 351 g/mol. The number of unbranched alkanes of at least 4 members (excludes halogenated alkanes) is 1. The van der Waals surface area contributed by atoms with E-state index in [1.807, 2.05) is 0 Å². The largest absolute Gasteiger partial charge is 0.481 e. The first kappa shape index (κ1) is 20.6. The second-order valence-corrected chi connectivity index (χ2v) is 5.83. The minimum absolute atomic E-state index is 0.158. The molecule has 23 heavy (non-hydrogen) atoms. The molecule has 0 aliphatic heterocycles. The molecule has 0 rings (SSSR count). The fourth-order valence-electron chi connectivity index (χ4n) is 1.43. The number of carbonyl (C=O) groups excluding carboxylic acids is 1. The van der Waals surface area contributed by atoms with Gasteiger partial charge >= 0.3 is 22.1 Å². The second-order valence-electron chi connectivity index (χ2n) is 4.38. The van der Waals surface area contributed by atoms with Crippen LogP contribution in [-0.4, -0.2) is 49.1 Å². The van der Waals surface area contributed by atoms with Gasteiger partial charge in [0.15, 0.2) is 0 Å². The van der Waals surface area contributed by atoms with Gasteiger partial charge in [0, 0.05) is 24.3 Å². The van der Waals surface area contributed by atoms with Crippen LogP contribution in [0, 0.1) is 0 Å². The number of rotatable bonds is 12. The van der Waals surface area contributed by atoms with Crippen LogP contribution in [0.1, 0.15) is 32.1 Å². The van der Waals surface area contributed by atoms with Crippen molar-refractivity contribution in [3.05, 3.63) is 10.4 Å². The van der Waals surface area contributed by atoms with Gasteiger partial charge in [0.2, 0.25) is 5.91 Å². The maximum atomic E-state index is 11.6. The first-order valence-electron chi connectivity index (χ1n) is 6.46. The minimum atomic E-state index is -4.43. The number of carbonyl (C=O) groups is 3. The molecular weight excluding hydrogens is 334 g/mol. The molecular formula is C10H17N5O7S. The number of azide groups is 1. The van der Waals surface area contributed by atoms with Gasteiger partial charge in [-0.05, 0) is 24.8 Å². The van der Waals surface area contributed by atoms with Crippen LogP contribution in [0.15, 0.2) is 5.11 Å². The normalized spacial score (nSPS) is 12.0. The summed E-state index contributed by atoms with van der Waals surface area (Å²) >= 11 is 0. The van der Waals surface area contributed by atoms with Gasteiger partial charge in [-0.3, -0.25) is 14.4 Å². The number of nitrogens with one attached hydrogen (secondary N) is 2. The highest BCUT2D eigenvalue weighted by Gasteiger charge is 2.25. The lowest BCUT2D eigenvalue weighted by atomic mass is 10.2. The number of nitrogens with zero attached hydrogens (tertiary/aromatic N) is 3. The van der Waals surface area contributed by atoms with Crippen LogP contribution < -0.4 is 9.44 Å². The number of carboxylic acids is 2. The summed E-state index contributed by atoms with van der Waals surface area (Å²) in [5.74, 6) is -3.70. The summed E-state index contributed by atoms with van der Waals surface area (Å²) in [5, 5.41) is 20.6. The molecule has 0 aromatic carbocycles. The van der Waals surface area contributed by atoms with Gasteiger partial charge in [0.25, 0.3) is 0 Å². The van der Waals surface area contributed by atoms with E-state index in [2.05, 4.69) is 10.0 Å².